The summed E-state index contributed by atoms with van der Waals surface area (Å²) in [5, 5.41) is 3.05. The first-order valence-electron chi connectivity index (χ1n) is 8.63. The highest BCUT2D eigenvalue weighted by atomic mass is 32.2. The summed E-state index contributed by atoms with van der Waals surface area (Å²) >= 11 is 1.31. The molecule has 0 bridgehead atoms. The third kappa shape index (κ3) is 4.44. The Morgan fingerprint density at radius 1 is 0.966 bits per heavy atom. The van der Waals surface area contributed by atoms with Crippen molar-refractivity contribution >= 4 is 42.6 Å². The number of fused-ring (bicyclic) bond motifs is 1. The molecule has 8 heteroatoms. The number of nitrogens with one attached hydrogen (secondary N) is 1. The SMILES string of the molecule is CS(=O)(=O)c1cccc(-c2ccc3nc(NC(=O)Oc4ccccc4)sc3c2)c1. The summed E-state index contributed by atoms with van der Waals surface area (Å²) in [4.78, 5) is 16.7. The molecule has 1 N–H and O–H groups in total. The highest BCUT2D eigenvalue weighted by molar-refractivity contribution is 7.90. The Morgan fingerprint density at radius 3 is 2.48 bits per heavy atom. The third-order valence-electron chi connectivity index (χ3n) is 4.15. The molecule has 4 rings (SSSR count). The summed E-state index contributed by atoms with van der Waals surface area (Å²) in [6, 6.07) is 21.2. The zero-order valence-electron chi connectivity index (χ0n) is 15.3. The Hall–Kier alpha value is -3.23. The van der Waals surface area contributed by atoms with Crippen LogP contribution in [0, 0.1) is 0 Å². The minimum Gasteiger partial charge on any atom is -0.410 e. The molecule has 0 spiro atoms. The number of hydrogen-bond acceptors (Lipinski definition) is 6. The molecule has 1 heterocycles. The number of benzene rings is 3. The predicted octanol–water partition coefficient (Wildman–Crippen LogP) is 4.98. The van der Waals surface area contributed by atoms with Gasteiger partial charge < -0.3 is 4.74 Å². The number of para-hydroxylation sites is 1. The van der Waals surface area contributed by atoms with Crippen molar-refractivity contribution in [3.8, 4) is 16.9 Å². The maximum atomic E-state index is 12.1. The molecule has 0 atom stereocenters. The maximum Gasteiger partial charge on any atom is 0.418 e. The van der Waals surface area contributed by atoms with Crippen LogP contribution >= 0.6 is 11.3 Å². The highest BCUT2D eigenvalue weighted by Crippen LogP contribution is 2.31. The van der Waals surface area contributed by atoms with E-state index >= 15 is 0 Å². The van der Waals surface area contributed by atoms with Gasteiger partial charge in [-0.05, 0) is 47.5 Å². The van der Waals surface area contributed by atoms with E-state index in [4.69, 9.17) is 4.74 Å². The van der Waals surface area contributed by atoms with Crippen molar-refractivity contribution < 1.29 is 17.9 Å². The molecule has 146 valence electrons. The van der Waals surface area contributed by atoms with E-state index in [1.165, 1.54) is 17.6 Å². The van der Waals surface area contributed by atoms with Gasteiger partial charge in [0.1, 0.15) is 5.75 Å². The Bertz CT molecular complexity index is 1300. The van der Waals surface area contributed by atoms with Crippen molar-refractivity contribution in [2.75, 3.05) is 11.6 Å². The van der Waals surface area contributed by atoms with Crippen LogP contribution in [-0.4, -0.2) is 25.8 Å². The van der Waals surface area contributed by atoms with Gasteiger partial charge in [-0.25, -0.2) is 18.2 Å². The van der Waals surface area contributed by atoms with Crippen molar-refractivity contribution in [1.82, 2.24) is 4.98 Å². The van der Waals surface area contributed by atoms with Gasteiger partial charge in [0.05, 0.1) is 15.1 Å². The lowest BCUT2D eigenvalue weighted by Crippen LogP contribution is -2.16. The van der Waals surface area contributed by atoms with Crippen molar-refractivity contribution in [3.05, 3.63) is 72.8 Å². The molecule has 0 aliphatic heterocycles. The van der Waals surface area contributed by atoms with E-state index in [0.717, 1.165) is 21.3 Å². The van der Waals surface area contributed by atoms with Gasteiger partial charge in [0, 0.05) is 6.26 Å². The van der Waals surface area contributed by atoms with Crippen LogP contribution in [0.25, 0.3) is 21.3 Å². The standard InChI is InChI=1S/C21H16N2O4S2/c1-29(25,26)17-9-5-6-14(12-17)15-10-11-18-19(13-15)28-20(22-18)23-21(24)27-16-7-3-2-4-8-16/h2-13H,1H3,(H,22,23,24). The zero-order valence-corrected chi connectivity index (χ0v) is 17.0. The minimum absolute atomic E-state index is 0.269. The molecule has 0 aliphatic carbocycles. The van der Waals surface area contributed by atoms with Gasteiger partial charge in [0.2, 0.25) is 0 Å². The average molecular weight is 425 g/mol. The van der Waals surface area contributed by atoms with Crippen molar-refractivity contribution in [1.29, 1.82) is 0 Å². The summed E-state index contributed by atoms with van der Waals surface area (Å²) < 4.78 is 29.7. The minimum atomic E-state index is -3.28. The predicted molar refractivity (Wildman–Crippen MR) is 114 cm³/mol. The number of aromatic nitrogens is 1. The molecule has 0 radical (unpaired) electrons. The topological polar surface area (TPSA) is 85.4 Å². The first kappa shape index (κ1) is 19.1. The van der Waals surface area contributed by atoms with Gasteiger partial charge >= 0.3 is 6.09 Å². The van der Waals surface area contributed by atoms with E-state index in [1.807, 2.05) is 30.3 Å². The second-order valence-corrected chi connectivity index (χ2v) is 9.38. The van der Waals surface area contributed by atoms with E-state index in [0.29, 0.717) is 10.9 Å². The lowest BCUT2D eigenvalue weighted by atomic mass is 10.1. The molecular formula is C21H16N2O4S2. The fraction of sp³-hybridized carbons (Fsp3) is 0.0476. The molecule has 0 unspecified atom stereocenters. The zero-order chi connectivity index (χ0) is 20.4. The van der Waals surface area contributed by atoms with E-state index in [1.54, 1.807) is 42.5 Å². The number of anilines is 1. The normalized spacial score (nSPS) is 11.3. The molecule has 0 fully saturated rings. The second-order valence-electron chi connectivity index (χ2n) is 6.33. The van der Waals surface area contributed by atoms with Gasteiger partial charge in [-0.2, -0.15) is 0 Å². The molecule has 6 nitrogen and oxygen atoms in total. The number of carbonyl (C=O) groups is 1. The lowest BCUT2D eigenvalue weighted by molar-refractivity contribution is 0.215. The first-order valence-corrected chi connectivity index (χ1v) is 11.3. The quantitative estimate of drug-likeness (QED) is 0.499. The molecule has 1 amide bonds. The first-order chi connectivity index (χ1) is 13.9. The largest absolute Gasteiger partial charge is 0.418 e. The van der Waals surface area contributed by atoms with Crippen molar-refractivity contribution in [3.63, 3.8) is 0 Å². The summed E-state index contributed by atoms with van der Waals surface area (Å²) in [5.74, 6) is 0.444. The smallest absolute Gasteiger partial charge is 0.410 e. The number of amides is 1. The lowest BCUT2D eigenvalue weighted by Gasteiger charge is -2.04. The number of carbonyl (C=O) groups excluding carboxylic acids is 1. The van der Waals surface area contributed by atoms with E-state index < -0.39 is 15.9 Å². The molecule has 1 aromatic heterocycles. The van der Waals surface area contributed by atoms with Gasteiger partial charge in [-0.3, -0.25) is 5.32 Å². The monoisotopic (exact) mass is 424 g/mol. The van der Waals surface area contributed by atoms with E-state index in [-0.39, 0.29) is 4.90 Å². The molecule has 0 aliphatic rings. The van der Waals surface area contributed by atoms with Crippen LogP contribution in [0.1, 0.15) is 0 Å². The fourth-order valence-electron chi connectivity index (χ4n) is 2.77. The molecule has 0 saturated heterocycles. The van der Waals surface area contributed by atoms with Crippen LogP contribution in [0.3, 0.4) is 0 Å². The number of sulfone groups is 1. The molecule has 0 saturated carbocycles. The third-order valence-corrected chi connectivity index (χ3v) is 6.19. The Morgan fingerprint density at radius 2 is 1.72 bits per heavy atom. The van der Waals surface area contributed by atoms with Crippen LogP contribution < -0.4 is 10.1 Å². The molecule has 29 heavy (non-hydrogen) atoms. The van der Waals surface area contributed by atoms with Crippen LogP contribution in [-0.2, 0) is 9.84 Å². The van der Waals surface area contributed by atoms with E-state index in [2.05, 4.69) is 10.3 Å². The summed E-state index contributed by atoms with van der Waals surface area (Å²) in [5.41, 5.74) is 2.39. The van der Waals surface area contributed by atoms with Crippen LogP contribution in [0.15, 0.2) is 77.7 Å². The van der Waals surface area contributed by atoms with Crippen LogP contribution in [0.5, 0.6) is 5.75 Å². The molecular weight excluding hydrogens is 408 g/mol. The van der Waals surface area contributed by atoms with Crippen molar-refractivity contribution in [2.45, 2.75) is 4.90 Å². The number of rotatable bonds is 4. The van der Waals surface area contributed by atoms with Gasteiger partial charge in [-0.15, -0.1) is 0 Å². The number of ether oxygens (including phenoxy) is 1. The van der Waals surface area contributed by atoms with Crippen LogP contribution in [0.4, 0.5) is 9.93 Å². The van der Waals surface area contributed by atoms with Crippen molar-refractivity contribution in [2.24, 2.45) is 0 Å². The Balaban J connectivity index is 1.57. The van der Waals surface area contributed by atoms with Gasteiger partial charge in [0.25, 0.3) is 0 Å². The van der Waals surface area contributed by atoms with Crippen LogP contribution in [0.2, 0.25) is 0 Å². The second kappa shape index (κ2) is 7.65. The number of hydrogen-bond donors (Lipinski definition) is 1. The Kier molecular flexibility index (Phi) is 5.04. The number of nitrogens with zero attached hydrogens (tertiary/aromatic N) is 1. The van der Waals surface area contributed by atoms with Gasteiger partial charge in [-0.1, -0.05) is 47.7 Å². The summed E-state index contributed by atoms with van der Waals surface area (Å²) in [7, 11) is -3.28. The Labute approximate surface area is 171 Å². The molecule has 4 aromatic rings. The highest BCUT2D eigenvalue weighted by Gasteiger charge is 2.12. The van der Waals surface area contributed by atoms with Gasteiger partial charge in [0.15, 0.2) is 15.0 Å². The average Bonchev–Trinajstić information content (AvgIpc) is 3.09. The summed E-state index contributed by atoms with van der Waals surface area (Å²) in [6.07, 6.45) is 0.571. The number of thiazole rings is 1. The molecule has 3 aromatic carbocycles. The van der Waals surface area contributed by atoms with E-state index in [9.17, 15) is 13.2 Å². The fourth-order valence-corrected chi connectivity index (χ4v) is 4.33. The maximum absolute atomic E-state index is 12.1. The summed E-state index contributed by atoms with van der Waals surface area (Å²) in [6.45, 7) is 0.